The smallest absolute Gasteiger partial charge is 0.337 e. The highest BCUT2D eigenvalue weighted by Crippen LogP contribution is 2.46. The number of Topliss-reactive ketones (excluding diaryl/α,β-unsaturated/α-hetero) is 1. The van der Waals surface area contributed by atoms with Gasteiger partial charge < -0.3 is 19.9 Å². The number of methoxy groups -OCH3 is 1. The van der Waals surface area contributed by atoms with Crippen molar-refractivity contribution in [2.24, 2.45) is 11.8 Å². The highest BCUT2D eigenvalue weighted by atomic mass is 16.5. The second-order valence-corrected chi connectivity index (χ2v) is 9.29. The first-order valence-electron chi connectivity index (χ1n) is 11.6. The Morgan fingerprint density at radius 3 is 2.39 bits per heavy atom. The van der Waals surface area contributed by atoms with E-state index in [9.17, 15) is 19.5 Å². The van der Waals surface area contributed by atoms with E-state index in [1.165, 1.54) is 19.2 Å². The van der Waals surface area contributed by atoms with Crippen LogP contribution >= 0.6 is 0 Å². The number of aromatic hydroxyl groups is 1. The van der Waals surface area contributed by atoms with Crippen LogP contribution in [0.2, 0.25) is 0 Å². The molecule has 0 aromatic heterocycles. The van der Waals surface area contributed by atoms with Crippen LogP contribution in [-0.2, 0) is 23.9 Å². The number of benzene rings is 1. The van der Waals surface area contributed by atoms with Crippen molar-refractivity contribution in [1.82, 2.24) is 5.32 Å². The lowest BCUT2D eigenvalue weighted by Crippen LogP contribution is -2.43. The molecule has 0 radical (unpaired) electrons. The predicted molar refractivity (Wildman–Crippen MR) is 121 cm³/mol. The van der Waals surface area contributed by atoms with Gasteiger partial charge in [0.1, 0.15) is 17.8 Å². The van der Waals surface area contributed by atoms with E-state index in [-0.39, 0.29) is 23.6 Å². The van der Waals surface area contributed by atoms with Crippen LogP contribution in [0.5, 0.6) is 5.75 Å². The van der Waals surface area contributed by atoms with Gasteiger partial charge in [0.2, 0.25) is 0 Å². The summed E-state index contributed by atoms with van der Waals surface area (Å²) in [6.45, 7) is 3.67. The molecule has 33 heavy (non-hydrogen) atoms. The summed E-state index contributed by atoms with van der Waals surface area (Å²) in [5.74, 6) is -3.12. The molecule has 7 nitrogen and oxygen atoms in total. The molecule has 2 aliphatic carbocycles. The number of phenols is 1. The summed E-state index contributed by atoms with van der Waals surface area (Å²) in [5.41, 5.74) is 2.82. The number of hydrogen-bond acceptors (Lipinski definition) is 7. The van der Waals surface area contributed by atoms with Crippen LogP contribution in [0.1, 0.15) is 63.9 Å². The minimum Gasteiger partial charge on any atom is -0.508 e. The lowest BCUT2D eigenvalue weighted by Gasteiger charge is -2.38. The monoisotopic (exact) mass is 453 g/mol. The number of phenolic OH excluding ortho intramolecular Hbond substituents is 1. The minimum absolute atomic E-state index is 0.0879. The van der Waals surface area contributed by atoms with Crippen LogP contribution in [0.15, 0.2) is 46.8 Å². The van der Waals surface area contributed by atoms with Gasteiger partial charge in [0.05, 0.1) is 12.7 Å². The zero-order valence-corrected chi connectivity index (χ0v) is 19.3. The van der Waals surface area contributed by atoms with E-state index in [1.54, 1.807) is 12.1 Å². The Balaban J connectivity index is 1.77. The van der Waals surface area contributed by atoms with E-state index < -0.39 is 23.8 Å². The molecule has 1 saturated carbocycles. The summed E-state index contributed by atoms with van der Waals surface area (Å²) in [4.78, 5) is 39.6. The third-order valence-electron chi connectivity index (χ3n) is 7.02. The quantitative estimate of drug-likeness (QED) is 0.527. The Labute approximate surface area is 193 Å². The van der Waals surface area contributed by atoms with Gasteiger partial charge in [0.15, 0.2) is 5.78 Å². The third kappa shape index (κ3) is 4.41. The van der Waals surface area contributed by atoms with Crippen molar-refractivity contribution in [3.63, 3.8) is 0 Å². The molecule has 0 amide bonds. The van der Waals surface area contributed by atoms with Crippen molar-refractivity contribution >= 4 is 17.7 Å². The summed E-state index contributed by atoms with van der Waals surface area (Å²) < 4.78 is 10.8. The predicted octanol–water partition coefficient (Wildman–Crippen LogP) is 3.88. The van der Waals surface area contributed by atoms with Gasteiger partial charge in [-0.3, -0.25) is 9.59 Å². The second kappa shape index (κ2) is 9.41. The number of ketones is 1. The zero-order valence-electron chi connectivity index (χ0n) is 19.3. The minimum atomic E-state index is -0.927. The van der Waals surface area contributed by atoms with Crippen LogP contribution in [-0.4, -0.2) is 36.0 Å². The van der Waals surface area contributed by atoms with Gasteiger partial charge in [-0.05, 0) is 62.6 Å². The van der Waals surface area contributed by atoms with Crippen molar-refractivity contribution in [3.8, 4) is 5.75 Å². The van der Waals surface area contributed by atoms with E-state index in [0.717, 1.165) is 37.8 Å². The van der Waals surface area contributed by atoms with Gasteiger partial charge in [-0.15, -0.1) is 0 Å². The molecule has 2 N–H and O–H groups in total. The highest BCUT2D eigenvalue weighted by Gasteiger charge is 2.47. The van der Waals surface area contributed by atoms with Crippen molar-refractivity contribution in [1.29, 1.82) is 0 Å². The van der Waals surface area contributed by atoms with E-state index in [1.807, 2.05) is 13.8 Å². The maximum atomic E-state index is 13.7. The van der Waals surface area contributed by atoms with Crippen LogP contribution in [0.3, 0.4) is 0 Å². The number of carbonyl (C=O) groups excluding carboxylic acids is 3. The molecule has 1 aromatic rings. The topological polar surface area (TPSA) is 102 Å². The Morgan fingerprint density at radius 2 is 1.76 bits per heavy atom. The Hall–Kier alpha value is -3.09. The Kier molecular flexibility index (Phi) is 6.58. The SMILES string of the molecule is COC(=O)[C@@H]1C(=O)C2=C(C[C@@H]1C)NC(C)=C(C(=O)OC1CCCCC1)[C@@H]2c1ccc(O)cc1. The first-order chi connectivity index (χ1) is 15.8. The zero-order chi connectivity index (χ0) is 23.7. The third-order valence-corrected chi connectivity index (χ3v) is 7.02. The van der Waals surface area contributed by atoms with Gasteiger partial charge >= 0.3 is 11.9 Å². The molecule has 1 fully saturated rings. The van der Waals surface area contributed by atoms with Crippen molar-refractivity contribution in [2.75, 3.05) is 7.11 Å². The van der Waals surface area contributed by atoms with Crippen LogP contribution in [0, 0.1) is 11.8 Å². The molecule has 0 bridgehead atoms. The molecule has 4 rings (SSSR count). The van der Waals surface area contributed by atoms with Crippen LogP contribution < -0.4 is 5.32 Å². The average molecular weight is 454 g/mol. The van der Waals surface area contributed by atoms with Gasteiger partial charge in [-0.25, -0.2) is 4.79 Å². The number of allylic oxidation sites excluding steroid dienone is 3. The van der Waals surface area contributed by atoms with E-state index in [0.29, 0.717) is 28.8 Å². The summed E-state index contributed by atoms with van der Waals surface area (Å²) >= 11 is 0. The van der Waals surface area contributed by atoms with E-state index >= 15 is 0 Å². The maximum absolute atomic E-state index is 13.7. The standard InChI is InChI=1S/C26H31NO6/c1-14-13-19-23(24(29)20(14)25(30)32-3)22(16-9-11-17(28)12-10-16)21(15(2)27-19)26(31)33-18-7-5-4-6-8-18/h9-12,14,18,20,22,27-28H,4-8,13H2,1-3H3/t14-,20-,22-/m0/s1. The molecule has 1 heterocycles. The summed E-state index contributed by atoms with van der Waals surface area (Å²) in [6, 6.07) is 6.47. The van der Waals surface area contributed by atoms with Crippen LogP contribution in [0.25, 0.3) is 0 Å². The number of dihydropyridines is 1. The molecule has 1 aromatic carbocycles. The average Bonchev–Trinajstić information content (AvgIpc) is 2.79. The van der Waals surface area contributed by atoms with Gasteiger partial charge in [0, 0.05) is 22.9 Å². The molecule has 176 valence electrons. The largest absolute Gasteiger partial charge is 0.508 e. The molecule has 3 atom stereocenters. The fraction of sp³-hybridized carbons (Fsp3) is 0.500. The normalized spacial score (nSPS) is 25.9. The number of nitrogens with one attached hydrogen (secondary N) is 1. The summed E-state index contributed by atoms with van der Waals surface area (Å²) in [7, 11) is 1.28. The fourth-order valence-electron chi connectivity index (χ4n) is 5.35. The fourth-order valence-corrected chi connectivity index (χ4v) is 5.35. The van der Waals surface area contributed by atoms with Crippen molar-refractivity contribution in [2.45, 2.75) is 64.4 Å². The van der Waals surface area contributed by atoms with Gasteiger partial charge in [-0.1, -0.05) is 25.5 Å². The lowest BCUT2D eigenvalue weighted by atomic mass is 9.69. The molecule has 0 spiro atoms. The first kappa shape index (κ1) is 23.1. The van der Waals surface area contributed by atoms with Gasteiger partial charge in [-0.2, -0.15) is 0 Å². The maximum Gasteiger partial charge on any atom is 0.337 e. The first-order valence-corrected chi connectivity index (χ1v) is 11.6. The van der Waals surface area contributed by atoms with E-state index in [2.05, 4.69) is 5.32 Å². The molecular formula is C26H31NO6. The molecule has 0 saturated heterocycles. The number of esters is 2. The summed E-state index contributed by atoms with van der Waals surface area (Å²) in [6.07, 6.45) is 5.23. The molecule has 0 unspecified atom stereocenters. The summed E-state index contributed by atoms with van der Waals surface area (Å²) in [5, 5.41) is 13.1. The Morgan fingerprint density at radius 1 is 1.09 bits per heavy atom. The van der Waals surface area contributed by atoms with Crippen molar-refractivity contribution in [3.05, 3.63) is 52.4 Å². The number of hydrogen-bond donors (Lipinski definition) is 2. The molecular weight excluding hydrogens is 422 g/mol. The van der Waals surface area contributed by atoms with Gasteiger partial charge in [0.25, 0.3) is 0 Å². The van der Waals surface area contributed by atoms with Crippen molar-refractivity contribution < 1.29 is 29.0 Å². The number of ether oxygens (including phenoxy) is 2. The van der Waals surface area contributed by atoms with Crippen LogP contribution in [0.4, 0.5) is 0 Å². The highest BCUT2D eigenvalue weighted by molar-refractivity contribution is 6.12. The number of rotatable bonds is 4. The number of carbonyl (C=O) groups is 3. The molecule has 3 aliphatic rings. The Bertz CT molecular complexity index is 1020. The molecule has 1 aliphatic heterocycles. The second-order valence-electron chi connectivity index (χ2n) is 9.29. The molecule has 7 heteroatoms. The lowest BCUT2D eigenvalue weighted by molar-refractivity contribution is -0.151. The van der Waals surface area contributed by atoms with E-state index in [4.69, 9.17) is 9.47 Å².